The highest BCUT2D eigenvalue weighted by atomic mass is 35.5. The van der Waals surface area contributed by atoms with Crippen molar-refractivity contribution >= 4 is 35.4 Å². The Morgan fingerprint density at radius 3 is 2.70 bits per heavy atom. The summed E-state index contributed by atoms with van der Waals surface area (Å²) in [5, 5.41) is 2.68. The predicted octanol–water partition coefficient (Wildman–Crippen LogP) is 0.699. The first kappa shape index (κ1) is 16.0. The van der Waals surface area contributed by atoms with Crippen LogP contribution in [0.5, 0.6) is 0 Å². The Bertz CT molecular complexity index is 520. The van der Waals surface area contributed by atoms with Crippen molar-refractivity contribution in [3.8, 4) is 0 Å². The summed E-state index contributed by atoms with van der Waals surface area (Å²) >= 11 is 5.90. The number of aldehydes is 1. The third kappa shape index (κ3) is 4.24. The lowest BCUT2D eigenvalue weighted by molar-refractivity contribution is -0.131. The normalized spacial score (nSPS) is 9.90. The number of nitrogens with one attached hydrogen (secondary N) is 1. The minimum Gasteiger partial charge on any atom is -0.399 e. The van der Waals surface area contributed by atoms with E-state index in [1.165, 1.54) is 17.0 Å². The van der Waals surface area contributed by atoms with E-state index in [4.69, 9.17) is 17.3 Å². The molecule has 0 aromatic heterocycles. The average Bonchev–Trinajstić information content (AvgIpc) is 2.41. The summed E-state index contributed by atoms with van der Waals surface area (Å²) in [6.45, 7) is 1.96. The molecule has 0 saturated heterocycles. The zero-order chi connectivity index (χ0) is 15.1. The molecule has 108 valence electrons. The Labute approximate surface area is 121 Å². The molecule has 1 aromatic carbocycles. The molecule has 0 unspecified atom stereocenters. The zero-order valence-corrected chi connectivity index (χ0v) is 11.8. The molecule has 0 fully saturated rings. The largest absolute Gasteiger partial charge is 0.399 e. The van der Waals surface area contributed by atoms with Gasteiger partial charge in [0.1, 0.15) is 6.29 Å². The number of hydrogen-bond acceptors (Lipinski definition) is 4. The van der Waals surface area contributed by atoms with E-state index < -0.39 is 5.91 Å². The molecule has 7 heteroatoms. The van der Waals surface area contributed by atoms with Crippen molar-refractivity contribution < 1.29 is 14.4 Å². The van der Waals surface area contributed by atoms with Crippen LogP contribution in [0.1, 0.15) is 17.3 Å². The van der Waals surface area contributed by atoms with Gasteiger partial charge >= 0.3 is 0 Å². The summed E-state index contributed by atoms with van der Waals surface area (Å²) in [4.78, 5) is 35.3. The van der Waals surface area contributed by atoms with Gasteiger partial charge in [0.25, 0.3) is 5.91 Å². The van der Waals surface area contributed by atoms with Crippen molar-refractivity contribution in [3.63, 3.8) is 0 Å². The first-order chi connectivity index (χ1) is 9.49. The van der Waals surface area contributed by atoms with Gasteiger partial charge in [-0.05, 0) is 25.1 Å². The van der Waals surface area contributed by atoms with Crippen LogP contribution >= 0.6 is 11.6 Å². The monoisotopic (exact) mass is 297 g/mol. The number of nitrogens with zero attached hydrogens (tertiary/aromatic N) is 1. The first-order valence-corrected chi connectivity index (χ1v) is 6.42. The van der Waals surface area contributed by atoms with Gasteiger partial charge in [-0.3, -0.25) is 9.59 Å². The fourth-order valence-electron chi connectivity index (χ4n) is 1.58. The number of carbonyl (C=O) groups is 3. The number of likely N-dealkylation sites (N-methyl/N-ethyl adjacent to an activating group) is 1. The number of hydrogen-bond donors (Lipinski definition) is 2. The smallest absolute Gasteiger partial charge is 0.253 e. The molecule has 6 nitrogen and oxygen atoms in total. The molecule has 0 radical (unpaired) electrons. The van der Waals surface area contributed by atoms with Gasteiger partial charge in [-0.1, -0.05) is 11.6 Å². The maximum Gasteiger partial charge on any atom is 0.253 e. The molecule has 0 saturated carbocycles. The van der Waals surface area contributed by atoms with Gasteiger partial charge in [0.05, 0.1) is 23.7 Å². The summed E-state index contributed by atoms with van der Waals surface area (Å²) in [5.41, 5.74) is 6.22. The topological polar surface area (TPSA) is 92.5 Å². The Hall–Kier alpha value is -2.08. The lowest BCUT2D eigenvalue weighted by atomic mass is 10.2. The van der Waals surface area contributed by atoms with Crippen LogP contribution in [0.4, 0.5) is 5.69 Å². The van der Waals surface area contributed by atoms with Crippen LogP contribution in [0.2, 0.25) is 5.02 Å². The molecule has 0 aliphatic carbocycles. The van der Waals surface area contributed by atoms with Crippen LogP contribution in [-0.4, -0.2) is 42.6 Å². The second-order valence-corrected chi connectivity index (χ2v) is 4.43. The van der Waals surface area contributed by atoms with Gasteiger partial charge in [-0.2, -0.15) is 0 Å². The molecule has 1 aromatic rings. The summed E-state index contributed by atoms with van der Waals surface area (Å²) in [7, 11) is 0. The number of carbonyl (C=O) groups excluding carboxylic acids is 3. The maximum absolute atomic E-state index is 11.9. The van der Waals surface area contributed by atoms with E-state index in [9.17, 15) is 14.4 Å². The Kier molecular flexibility index (Phi) is 5.99. The molecule has 0 aliphatic heterocycles. The molecular weight excluding hydrogens is 282 g/mol. The summed E-state index contributed by atoms with van der Waals surface area (Å²) in [6.07, 6.45) is 0.639. The quantitative estimate of drug-likeness (QED) is 0.597. The minimum atomic E-state index is -0.467. The lowest BCUT2D eigenvalue weighted by Gasteiger charge is -2.18. The second-order valence-electron chi connectivity index (χ2n) is 4.02. The summed E-state index contributed by atoms with van der Waals surface area (Å²) < 4.78 is 0. The average molecular weight is 298 g/mol. The van der Waals surface area contributed by atoms with E-state index in [1.54, 1.807) is 13.0 Å². The first-order valence-electron chi connectivity index (χ1n) is 6.04. The van der Waals surface area contributed by atoms with E-state index in [-0.39, 0.29) is 29.6 Å². The van der Waals surface area contributed by atoms with Crippen molar-refractivity contribution in [1.82, 2.24) is 10.2 Å². The van der Waals surface area contributed by atoms with E-state index in [0.29, 0.717) is 18.5 Å². The second kappa shape index (κ2) is 7.49. The SMILES string of the molecule is CCN(CC=O)C(=O)CNC(=O)c1ccc(N)cc1Cl. The van der Waals surface area contributed by atoms with Crippen molar-refractivity contribution in [3.05, 3.63) is 28.8 Å². The van der Waals surface area contributed by atoms with Gasteiger partial charge in [0.15, 0.2) is 0 Å². The molecule has 3 N–H and O–H groups in total. The number of amides is 2. The maximum atomic E-state index is 11.9. The van der Waals surface area contributed by atoms with Crippen LogP contribution in [-0.2, 0) is 9.59 Å². The molecular formula is C13H16ClN3O3. The number of halogens is 1. The van der Waals surface area contributed by atoms with E-state index in [0.717, 1.165) is 0 Å². The molecule has 0 bridgehead atoms. The number of nitrogen functional groups attached to an aromatic ring is 1. The van der Waals surface area contributed by atoms with E-state index >= 15 is 0 Å². The van der Waals surface area contributed by atoms with Crippen LogP contribution in [0.25, 0.3) is 0 Å². The molecule has 2 amide bonds. The van der Waals surface area contributed by atoms with Gasteiger partial charge in [-0.25, -0.2) is 0 Å². The third-order valence-corrected chi connectivity index (χ3v) is 2.98. The molecule has 20 heavy (non-hydrogen) atoms. The van der Waals surface area contributed by atoms with Gasteiger partial charge in [-0.15, -0.1) is 0 Å². The third-order valence-electron chi connectivity index (χ3n) is 2.67. The summed E-state index contributed by atoms with van der Waals surface area (Å²) in [6, 6.07) is 4.50. The highest BCUT2D eigenvalue weighted by molar-refractivity contribution is 6.34. The van der Waals surface area contributed by atoms with Gasteiger partial charge < -0.3 is 20.7 Å². The van der Waals surface area contributed by atoms with Crippen LogP contribution in [0, 0.1) is 0 Å². The van der Waals surface area contributed by atoms with Crippen molar-refractivity contribution in [2.45, 2.75) is 6.92 Å². The van der Waals surface area contributed by atoms with Crippen molar-refractivity contribution in [2.75, 3.05) is 25.4 Å². The van der Waals surface area contributed by atoms with E-state index in [1.807, 2.05) is 0 Å². The van der Waals surface area contributed by atoms with Gasteiger partial charge in [0.2, 0.25) is 5.91 Å². The fourth-order valence-corrected chi connectivity index (χ4v) is 1.85. The highest BCUT2D eigenvalue weighted by Crippen LogP contribution is 2.18. The molecule has 1 rings (SSSR count). The van der Waals surface area contributed by atoms with Crippen molar-refractivity contribution in [2.24, 2.45) is 0 Å². The Morgan fingerprint density at radius 1 is 1.45 bits per heavy atom. The number of nitrogens with two attached hydrogens (primary N) is 1. The number of rotatable bonds is 6. The molecule has 0 heterocycles. The minimum absolute atomic E-state index is 0.00777. The Balaban J connectivity index is 2.63. The molecule has 0 aliphatic rings. The number of benzene rings is 1. The fraction of sp³-hybridized carbons (Fsp3) is 0.308. The number of anilines is 1. The van der Waals surface area contributed by atoms with Crippen molar-refractivity contribution in [1.29, 1.82) is 0 Å². The standard InChI is InChI=1S/C13H16ClN3O3/c1-2-17(5-6-18)12(19)8-16-13(20)10-4-3-9(15)7-11(10)14/h3-4,6-7H,2,5,8,15H2,1H3,(H,16,20). The van der Waals surface area contributed by atoms with Crippen LogP contribution in [0.3, 0.4) is 0 Å². The zero-order valence-electron chi connectivity index (χ0n) is 11.1. The lowest BCUT2D eigenvalue weighted by Crippen LogP contribution is -2.41. The predicted molar refractivity (Wildman–Crippen MR) is 76.5 cm³/mol. The highest BCUT2D eigenvalue weighted by Gasteiger charge is 2.14. The molecule has 0 spiro atoms. The Morgan fingerprint density at radius 2 is 2.15 bits per heavy atom. The molecule has 0 atom stereocenters. The van der Waals surface area contributed by atoms with E-state index in [2.05, 4.69) is 5.32 Å². The van der Waals surface area contributed by atoms with Crippen LogP contribution in [0.15, 0.2) is 18.2 Å². The van der Waals surface area contributed by atoms with Crippen LogP contribution < -0.4 is 11.1 Å². The summed E-state index contributed by atoms with van der Waals surface area (Å²) in [5.74, 6) is -0.801. The van der Waals surface area contributed by atoms with Gasteiger partial charge in [0, 0.05) is 12.2 Å².